The summed E-state index contributed by atoms with van der Waals surface area (Å²) < 4.78 is 5.37. The van der Waals surface area contributed by atoms with Crippen molar-refractivity contribution in [1.82, 2.24) is 9.80 Å². The first-order chi connectivity index (χ1) is 8.35. The molecule has 0 bridgehead atoms. The second-order valence-corrected chi connectivity index (χ2v) is 6.81. The van der Waals surface area contributed by atoms with Crippen LogP contribution in [0.25, 0.3) is 0 Å². The minimum absolute atomic E-state index is 0.150. The van der Waals surface area contributed by atoms with E-state index >= 15 is 0 Å². The van der Waals surface area contributed by atoms with E-state index in [4.69, 9.17) is 4.74 Å². The Bertz CT molecular complexity index is 305. The number of carbonyl (C=O) groups is 1. The lowest BCUT2D eigenvalue weighted by atomic mass is 9.81. The van der Waals surface area contributed by atoms with Gasteiger partial charge in [-0.25, -0.2) is 4.79 Å². The molecule has 4 heteroatoms. The van der Waals surface area contributed by atoms with E-state index in [1.54, 1.807) is 0 Å². The zero-order chi connectivity index (χ0) is 13.3. The van der Waals surface area contributed by atoms with E-state index in [0.717, 1.165) is 19.0 Å². The quantitative estimate of drug-likeness (QED) is 0.719. The van der Waals surface area contributed by atoms with Crippen LogP contribution in [0.2, 0.25) is 0 Å². The summed E-state index contributed by atoms with van der Waals surface area (Å²) in [5.74, 6) is 1.45. The molecule has 4 nitrogen and oxygen atoms in total. The Morgan fingerprint density at radius 2 is 1.83 bits per heavy atom. The second kappa shape index (κ2) is 5.08. The summed E-state index contributed by atoms with van der Waals surface area (Å²) in [7, 11) is 2.19. The van der Waals surface area contributed by atoms with Crippen LogP contribution in [0.15, 0.2) is 0 Å². The molecular formula is C14H26N2O2. The van der Waals surface area contributed by atoms with E-state index in [0.29, 0.717) is 5.92 Å². The van der Waals surface area contributed by atoms with Gasteiger partial charge in [-0.1, -0.05) is 0 Å². The summed E-state index contributed by atoms with van der Waals surface area (Å²) in [5.41, 5.74) is -0.382. The topological polar surface area (TPSA) is 32.8 Å². The summed E-state index contributed by atoms with van der Waals surface area (Å²) in [4.78, 5) is 16.1. The standard InChI is InChI=1S/C14H26N2O2/c1-14(2,3)18-13(17)16-9-12(10-16)11-6-5-7-15(4)8-11/h11-12H,5-10H2,1-4H3. The third-order valence-corrected chi connectivity index (χ3v) is 3.89. The molecule has 1 unspecified atom stereocenters. The predicted octanol–water partition coefficient (Wildman–Crippen LogP) is 2.20. The molecule has 18 heavy (non-hydrogen) atoms. The number of piperidine rings is 1. The fourth-order valence-corrected chi connectivity index (χ4v) is 2.88. The molecule has 2 saturated heterocycles. The zero-order valence-electron chi connectivity index (χ0n) is 12.1. The van der Waals surface area contributed by atoms with Crippen molar-refractivity contribution >= 4 is 6.09 Å². The molecule has 2 rings (SSSR count). The van der Waals surface area contributed by atoms with Crippen LogP contribution in [0.5, 0.6) is 0 Å². The predicted molar refractivity (Wildman–Crippen MR) is 71.5 cm³/mol. The third kappa shape index (κ3) is 3.37. The average molecular weight is 254 g/mol. The molecule has 104 valence electrons. The van der Waals surface area contributed by atoms with Crippen molar-refractivity contribution in [2.24, 2.45) is 11.8 Å². The Kier molecular flexibility index (Phi) is 3.85. The molecule has 1 amide bonds. The molecule has 2 heterocycles. The molecule has 2 aliphatic heterocycles. The number of amides is 1. The van der Waals surface area contributed by atoms with Gasteiger partial charge >= 0.3 is 6.09 Å². The number of hydrogen-bond donors (Lipinski definition) is 0. The van der Waals surface area contributed by atoms with Crippen LogP contribution >= 0.6 is 0 Å². The molecule has 2 aliphatic rings. The molecule has 0 aromatic rings. The smallest absolute Gasteiger partial charge is 0.410 e. The van der Waals surface area contributed by atoms with Crippen molar-refractivity contribution in [1.29, 1.82) is 0 Å². The van der Waals surface area contributed by atoms with Crippen molar-refractivity contribution in [3.05, 3.63) is 0 Å². The Labute approximate surface area is 110 Å². The van der Waals surface area contributed by atoms with Gasteiger partial charge in [-0.2, -0.15) is 0 Å². The van der Waals surface area contributed by atoms with Gasteiger partial charge in [-0.15, -0.1) is 0 Å². The van der Waals surface area contributed by atoms with E-state index < -0.39 is 0 Å². The van der Waals surface area contributed by atoms with Gasteiger partial charge in [0.1, 0.15) is 5.60 Å². The monoisotopic (exact) mass is 254 g/mol. The summed E-state index contributed by atoms with van der Waals surface area (Å²) in [6.07, 6.45) is 2.46. The van der Waals surface area contributed by atoms with Gasteiger partial charge in [0.25, 0.3) is 0 Å². The Morgan fingerprint density at radius 3 is 2.39 bits per heavy atom. The van der Waals surface area contributed by atoms with Crippen LogP contribution in [-0.2, 0) is 4.74 Å². The van der Waals surface area contributed by atoms with Crippen molar-refractivity contribution in [2.75, 3.05) is 33.2 Å². The summed E-state index contributed by atoms with van der Waals surface area (Å²) in [6.45, 7) is 9.92. The maximum atomic E-state index is 11.8. The third-order valence-electron chi connectivity index (χ3n) is 3.89. The van der Waals surface area contributed by atoms with Gasteiger partial charge in [0, 0.05) is 19.6 Å². The summed E-state index contributed by atoms with van der Waals surface area (Å²) in [6, 6.07) is 0. The number of ether oxygens (including phenoxy) is 1. The lowest BCUT2D eigenvalue weighted by Crippen LogP contribution is -2.56. The number of hydrogen-bond acceptors (Lipinski definition) is 3. The second-order valence-electron chi connectivity index (χ2n) is 6.81. The fourth-order valence-electron chi connectivity index (χ4n) is 2.88. The molecule has 0 aliphatic carbocycles. The maximum Gasteiger partial charge on any atom is 0.410 e. The normalized spacial score (nSPS) is 26.9. The molecular weight excluding hydrogens is 228 g/mol. The minimum Gasteiger partial charge on any atom is -0.444 e. The lowest BCUT2D eigenvalue weighted by molar-refractivity contribution is -0.0181. The van der Waals surface area contributed by atoms with E-state index in [1.165, 1.54) is 25.9 Å². The van der Waals surface area contributed by atoms with Crippen molar-refractivity contribution in [3.63, 3.8) is 0 Å². The van der Waals surface area contributed by atoms with Crippen LogP contribution in [0.1, 0.15) is 33.6 Å². The first-order valence-electron chi connectivity index (χ1n) is 7.01. The zero-order valence-corrected chi connectivity index (χ0v) is 12.1. The minimum atomic E-state index is -0.382. The highest BCUT2D eigenvalue weighted by molar-refractivity contribution is 5.69. The van der Waals surface area contributed by atoms with Crippen molar-refractivity contribution in [3.8, 4) is 0 Å². The average Bonchev–Trinajstić information content (AvgIpc) is 2.11. The van der Waals surface area contributed by atoms with Crippen LogP contribution in [0.3, 0.4) is 0 Å². The van der Waals surface area contributed by atoms with E-state index in [2.05, 4.69) is 11.9 Å². The number of carbonyl (C=O) groups excluding carboxylic acids is 1. The van der Waals surface area contributed by atoms with Crippen molar-refractivity contribution in [2.45, 2.75) is 39.2 Å². The van der Waals surface area contributed by atoms with E-state index in [-0.39, 0.29) is 11.7 Å². The summed E-state index contributed by atoms with van der Waals surface area (Å²) >= 11 is 0. The van der Waals surface area contributed by atoms with Crippen LogP contribution in [0, 0.1) is 11.8 Å². The van der Waals surface area contributed by atoms with Gasteiger partial charge in [0.2, 0.25) is 0 Å². The molecule has 0 aromatic carbocycles. The van der Waals surface area contributed by atoms with E-state index in [9.17, 15) is 4.79 Å². The molecule has 0 spiro atoms. The molecule has 2 fully saturated rings. The van der Waals surface area contributed by atoms with Crippen LogP contribution in [0.4, 0.5) is 4.79 Å². The van der Waals surface area contributed by atoms with Gasteiger partial charge in [0.05, 0.1) is 0 Å². The first-order valence-corrected chi connectivity index (χ1v) is 7.01. The van der Waals surface area contributed by atoms with Crippen molar-refractivity contribution < 1.29 is 9.53 Å². The number of nitrogens with zero attached hydrogens (tertiary/aromatic N) is 2. The Morgan fingerprint density at radius 1 is 1.17 bits per heavy atom. The molecule has 0 aromatic heterocycles. The SMILES string of the molecule is CN1CCCC(C2CN(C(=O)OC(C)(C)C)C2)C1. The largest absolute Gasteiger partial charge is 0.444 e. The number of rotatable bonds is 1. The first kappa shape index (κ1) is 13.7. The van der Waals surface area contributed by atoms with Gasteiger partial charge < -0.3 is 14.5 Å². The van der Waals surface area contributed by atoms with E-state index in [1.807, 2.05) is 25.7 Å². The highest BCUT2D eigenvalue weighted by atomic mass is 16.6. The highest BCUT2D eigenvalue weighted by Gasteiger charge is 2.38. The lowest BCUT2D eigenvalue weighted by Gasteiger charge is -2.46. The van der Waals surface area contributed by atoms with Crippen LogP contribution in [-0.4, -0.2) is 54.7 Å². The van der Waals surface area contributed by atoms with Crippen LogP contribution < -0.4 is 0 Å². The van der Waals surface area contributed by atoms with Gasteiger partial charge in [-0.3, -0.25) is 0 Å². The highest BCUT2D eigenvalue weighted by Crippen LogP contribution is 2.31. The maximum absolute atomic E-state index is 11.8. The molecule has 1 atom stereocenters. The number of likely N-dealkylation sites (tertiary alicyclic amines) is 2. The van der Waals surface area contributed by atoms with Gasteiger partial charge in [-0.05, 0) is 59.0 Å². The van der Waals surface area contributed by atoms with Gasteiger partial charge in [0.15, 0.2) is 0 Å². The molecule has 0 radical (unpaired) electrons. The molecule has 0 saturated carbocycles. The Balaban J connectivity index is 1.75. The fraction of sp³-hybridized carbons (Fsp3) is 0.929. The molecule has 0 N–H and O–H groups in total. The summed E-state index contributed by atoms with van der Waals surface area (Å²) in [5, 5.41) is 0. The Hall–Kier alpha value is -0.770.